The second kappa shape index (κ2) is 6.57. The summed E-state index contributed by atoms with van der Waals surface area (Å²) in [6, 6.07) is 5.89. The number of thiazole rings is 1. The lowest BCUT2D eigenvalue weighted by atomic mass is 10.0. The highest BCUT2D eigenvalue weighted by molar-refractivity contribution is 7.09. The first kappa shape index (κ1) is 15.7. The molecule has 4 aromatic rings. The van der Waals surface area contributed by atoms with E-state index in [1.165, 1.54) is 5.56 Å². The van der Waals surface area contributed by atoms with Crippen LogP contribution in [0.1, 0.15) is 22.9 Å². The lowest BCUT2D eigenvalue weighted by Gasteiger charge is -2.10. The monoisotopic (exact) mass is 346 g/mol. The minimum Gasteiger partial charge on any atom is -0.397 e. The Morgan fingerprint density at radius 2 is 2.08 bits per heavy atom. The zero-order valence-corrected chi connectivity index (χ0v) is 14.5. The van der Waals surface area contributed by atoms with Crippen molar-refractivity contribution in [1.29, 1.82) is 0 Å². The minimum atomic E-state index is 0.621. The van der Waals surface area contributed by atoms with E-state index in [1.54, 1.807) is 23.7 Å². The summed E-state index contributed by atoms with van der Waals surface area (Å²) in [5, 5.41) is 0. The Balaban J connectivity index is 1.81. The third-order valence-electron chi connectivity index (χ3n) is 4.02. The second-order valence-corrected chi connectivity index (χ2v) is 6.59. The summed E-state index contributed by atoms with van der Waals surface area (Å²) in [5.41, 5.74) is 14.2. The number of nitrogens with zero attached hydrogens (tertiary/aromatic N) is 4. The summed E-state index contributed by atoms with van der Waals surface area (Å²) in [6.45, 7) is 2.12. The molecule has 5 nitrogen and oxygen atoms in total. The number of pyridine rings is 3. The maximum Gasteiger partial charge on any atom is 0.112 e. The zero-order valence-electron chi connectivity index (χ0n) is 13.7. The number of anilines is 1. The molecule has 0 aliphatic heterocycles. The van der Waals surface area contributed by atoms with Crippen LogP contribution >= 0.6 is 11.3 Å². The van der Waals surface area contributed by atoms with Crippen LogP contribution in [-0.2, 0) is 6.42 Å². The molecule has 4 rings (SSSR count). The number of nitrogens with two attached hydrogens (primary N) is 1. The summed E-state index contributed by atoms with van der Waals surface area (Å²) < 4.78 is 0. The highest BCUT2D eigenvalue weighted by Gasteiger charge is 2.11. The molecule has 6 heteroatoms. The number of aromatic nitrogens is 4. The van der Waals surface area contributed by atoms with Gasteiger partial charge in [-0.25, -0.2) is 4.98 Å². The topological polar surface area (TPSA) is 77.6 Å². The molecule has 123 valence electrons. The molecular weight excluding hydrogens is 330 g/mol. The van der Waals surface area contributed by atoms with Gasteiger partial charge in [-0.2, -0.15) is 0 Å². The number of hydrogen-bond acceptors (Lipinski definition) is 6. The molecule has 0 unspecified atom stereocenters. The van der Waals surface area contributed by atoms with Gasteiger partial charge in [-0.3, -0.25) is 15.0 Å². The number of nitrogen functional groups attached to an aromatic ring is 1. The van der Waals surface area contributed by atoms with E-state index in [1.807, 2.05) is 42.5 Å². The Kier molecular flexibility index (Phi) is 4.11. The normalized spacial score (nSPS) is 11.1. The number of fused-ring (bicyclic) bond motifs is 1. The van der Waals surface area contributed by atoms with Crippen molar-refractivity contribution in [2.24, 2.45) is 0 Å². The van der Waals surface area contributed by atoms with Gasteiger partial charge in [0, 0.05) is 41.6 Å². The van der Waals surface area contributed by atoms with Crippen LogP contribution in [0.4, 0.5) is 5.69 Å². The molecule has 4 heterocycles. The van der Waals surface area contributed by atoms with Gasteiger partial charge in [-0.1, -0.05) is 6.92 Å². The fraction of sp³-hybridized carbons (Fsp3) is 0.105. The smallest absolute Gasteiger partial charge is 0.112 e. The van der Waals surface area contributed by atoms with Gasteiger partial charge < -0.3 is 5.73 Å². The highest BCUT2D eigenvalue weighted by atomic mass is 32.1. The second-order valence-electron chi connectivity index (χ2n) is 5.67. The molecule has 0 atom stereocenters. The van der Waals surface area contributed by atoms with Crippen LogP contribution in [0.25, 0.3) is 22.3 Å². The zero-order chi connectivity index (χ0) is 17.2. The van der Waals surface area contributed by atoms with Crippen LogP contribution in [-0.4, -0.2) is 19.9 Å². The standard InChI is InChI=1S/C19H16N5S/c1-2-13-3-4-21-10-15(13)17-7-16(20)19-18(24-17)6-12(8-23-19)5-14-9-22-11-25-14/h3-11H,2H2,1H3,(H2,20,24). The number of hydrogen-bond donors (Lipinski definition) is 1. The van der Waals surface area contributed by atoms with Crippen molar-refractivity contribution in [2.75, 3.05) is 5.73 Å². The summed E-state index contributed by atoms with van der Waals surface area (Å²) in [5.74, 6) is 0. The average Bonchev–Trinajstić information content (AvgIpc) is 3.14. The van der Waals surface area contributed by atoms with E-state index in [0.29, 0.717) is 11.2 Å². The van der Waals surface area contributed by atoms with Crippen molar-refractivity contribution >= 4 is 28.1 Å². The SMILES string of the molecule is CCc1ccncc1-c1cc(N)c2ncc([CH]c3cncs3)cc2n1. The molecule has 4 aromatic heterocycles. The van der Waals surface area contributed by atoms with Gasteiger partial charge >= 0.3 is 0 Å². The molecule has 0 amide bonds. The van der Waals surface area contributed by atoms with Gasteiger partial charge in [0.15, 0.2) is 0 Å². The highest BCUT2D eigenvalue weighted by Crippen LogP contribution is 2.28. The molecule has 0 saturated carbocycles. The average molecular weight is 346 g/mol. The first-order chi connectivity index (χ1) is 12.2. The third kappa shape index (κ3) is 3.08. The molecule has 0 aliphatic rings. The first-order valence-corrected chi connectivity index (χ1v) is 8.85. The van der Waals surface area contributed by atoms with Gasteiger partial charge in [-0.05, 0) is 35.7 Å². The summed E-state index contributed by atoms with van der Waals surface area (Å²) in [7, 11) is 0. The molecule has 25 heavy (non-hydrogen) atoms. The van der Waals surface area contributed by atoms with Gasteiger partial charge in [0.1, 0.15) is 5.52 Å². The van der Waals surface area contributed by atoms with Gasteiger partial charge in [-0.15, -0.1) is 11.3 Å². The number of rotatable bonds is 4. The van der Waals surface area contributed by atoms with Crippen molar-refractivity contribution in [2.45, 2.75) is 13.3 Å². The molecule has 0 aromatic carbocycles. The summed E-state index contributed by atoms with van der Waals surface area (Å²) in [4.78, 5) is 18.7. The lowest BCUT2D eigenvalue weighted by Crippen LogP contribution is -1.98. The summed E-state index contributed by atoms with van der Waals surface area (Å²) in [6.07, 6.45) is 10.2. The minimum absolute atomic E-state index is 0.621. The molecule has 0 bridgehead atoms. The Labute approximate surface area is 149 Å². The largest absolute Gasteiger partial charge is 0.397 e. The van der Waals surface area contributed by atoms with E-state index in [2.05, 4.69) is 21.9 Å². The van der Waals surface area contributed by atoms with Crippen molar-refractivity contribution in [3.05, 3.63) is 70.9 Å². The van der Waals surface area contributed by atoms with Crippen LogP contribution in [0, 0.1) is 6.42 Å². The Morgan fingerprint density at radius 3 is 2.88 bits per heavy atom. The van der Waals surface area contributed by atoms with E-state index in [-0.39, 0.29) is 0 Å². The van der Waals surface area contributed by atoms with E-state index < -0.39 is 0 Å². The third-order valence-corrected chi connectivity index (χ3v) is 4.75. The molecule has 0 saturated heterocycles. The molecule has 2 N–H and O–H groups in total. The Morgan fingerprint density at radius 1 is 1.16 bits per heavy atom. The fourth-order valence-corrected chi connectivity index (χ4v) is 3.36. The quantitative estimate of drug-likeness (QED) is 0.606. The lowest BCUT2D eigenvalue weighted by molar-refractivity contribution is 1.11. The van der Waals surface area contributed by atoms with Crippen LogP contribution in [0.5, 0.6) is 0 Å². The maximum atomic E-state index is 6.23. The van der Waals surface area contributed by atoms with E-state index in [0.717, 1.165) is 33.6 Å². The van der Waals surface area contributed by atoms with Crippen LogP contribution < -0.4 is 5.73 Å². The van der Waals surface area contributed by atoms with Crippen molar-refractivity contribution < 1.29 is 0 Å². The molecule has 0 spiro atoms. The fourth-order valence-electron chi connectivity index (χ4n) is 2.79. The van der Waals surface area contributed by atoms with Crippen molar-refractivity contribution in [3.63, 3.8) is 0 Å². The Bertz CT molecular complexity index is 1030. The van der Waals surface area contributed by atoms with E-state index in [9.17, 15) is 0 Å². The van der Waals surface area contributed by atoms with Gasteiger partial charge in [0.2, 0.25) is 0 Å². The summed E-state index contributed by atoms with van der Waals surface area (Å²) >= 11 is 1.58. The van der Waals surface area contributed by atoms with Gasteiger partial charge in [0.05, 0.1) is 22.4 Å². The van der Waals surface area contributed by atoms with Crippen LogP contribution in [0.15, 0.2) is 48.5 Å². The predicted octanol–water partition coefficient (Wildman–Crippen LogP) is 3.89. The van der Waals surface area contributed by atoms with Crippen LogP contribution in [0.2, 0.25) is 0 Å². The first-order valence-electron chi connectivity index (χ1n) is 7.97. The van der Waals surface area contributed by atoms with Gasteiger partial charge in [0.25, 0.3) is 0 Å². The molecule has 0 aliphatic carbocycles. The molecule has 1 radical (unpaired) electrons. The van der Waals surface area contributed by atoms with Crippen LogP contribution in [0.3, 0.4) is 0 Å². The van der Waals surface area contributed by atoms with E-state index >= 15 is 0 Å². The number of aryl methyl sites for hydroxylation is 1. The maximum absolute atomic E-state index is 6.23. The Hall–Kier alpha value is -2.86. The van der Waals surface area contributed by atoms with Crippen molar-refractivity contribution in [3.8, 4) is 11.3 Å². The predicted molar refractivity (Wildman–Crippen MR) is 101 cm³/mol. The van der Waals surface area contributed by atoms with Crippen molar-refractivity contribution in [1.82, 2.24) is 19.9 Å². The molecule has 0 fully saturated rings. The van der Waals surface area contributed by atoms with E-state index in [4.69, 9.17) is 10.7 Å². The molecular formula is C19H16N5S.